The summed E-state index contributed by atoms with van der Waals surface area (Å²) in [6.45, 7) is 5.39. The lowest BCUT2D eigenvalue weighted by Gasteiger charge is -2.19. The molecule has 1 unspecified atom stereocenters. The van der Waals surface area contributed by atoms with Crippen LogP contribution in [-0.4, -0.2) is 15.9 Å². The van der Waals surface area contributed by atoms with E-state index in [9.17, 15) is 9.00 Å². The van der Waals surface area contributed by atoms with Crippen LogP contribution < -0.4 is 11.1 Å². The topological polar surface area (TPSA) is 81.4 Å². The van der Waals surface area contributed by atoms with Gasteiger partial charge in [-0.15, -0.1) is 0 Å². The predicted octanol–water partition coefficient (Wildman–Crippen LogP) is 3.78. The third-order valence-electron chi connectivity index (χ3n) is 2.81. The van der Waals surface area contributed by atoms with Crippen LogP contribution in [-0.2, 0) is 15.5 Å². The first kappa shape index (κ1) is 17.0. The van der Waals surface area contributed by atoms with Crippen LogP contribution in [0.3, 0.4) is 0 Å². The average Bonchev–Trinajstić information content (AvgIpc) is 2.46. The van der Waals surface area contributed by atoms with Gasteiger partial charge >= 0.3 is 6.09 Å². The third-order valence-corrected chi connectivity index (χ3v) is 4.21. The summed E-state index contributed by atoms with van der Waals surface area (Å²) in [6, 6.07) is 13.7. The number of nitrogens with two attached hydrogens (primary N) is 1. The Balaban J connectivity index is 2.06. The van der Waals surface area contributed by atoms with Crippen molar-refractivity contribution < 1.29 is 13.7 Å². The second-order valence-corrected chi connectivity index (χ2v) is 7.47. The summed E-state index contributed by atoms with van der Waals surface area (Å²) >= 11 is 0. The smallest absolute Gasteiger partial charge is 0.412 e. The van der Waals surface area contributed by atoms with Crippen molar-refractivity contribution in [3.05, 3.63) is 48.5 Å². The maximum absolute atomic E-state index is 12.4. The molecule has 0 aliphatic carbocycles. The first-order valence-corrected chi connectivity index (χ1v) is 8.27. The molecule has 0 fully saturated rings. The Morgan fingerprint density at radius 3 is 1.96 bits per heavy atom. The summed E-state index contributed by atoms with van der Waals surface area (Å²) in [4.78, 5) is 13.0. The van der Waals surface area contributed by atoms with Crippen LogP contribution in [0.4, 0.5) is 16.2 Å². The highest BCUT2D eigenvalue weighted by atomic mass is 32.2. The van der Waals surface area contributed by atoms with Gasteiger partial charge in [0, 0.05) is 21.2 Å². The number of nitrogens with one attached hydrogen (secondary N) is 1. The maximum Gasteiger partial charge on any atom is 0.412 e. The summed E-state index contributed by atoms with van der Waals surface area (Å²) in [6.07, 6.45) is -0.523. The number of ether oxygens (including phenoxy) is 1. The van der Waals surface area contributed by atoms with Crippen molar-refractivity contribution in [1.82, 2.24) is 0 Å². The second kappa shape index (κ2) is 6.83. The summed E-state index contributed by atoms with van der Waals surface area (Å²) in [7, 11) is -1.29. The number of carbonyl (C=O) groups excluding carboxylic acids is 1. The fourth-order valence-electron chi connectivity index (χ4n) is 1.81. The largest absolute Gasteiger partial charge is 0.444 e. The zero-order valence-electron chi connectivity index (χ0n) is 13.3. The van der Waals surface area contributed by atoms with Gasteiger partial charge in [0.25, 0.3) is 0 Å². The predicted molar refractivity (Wildman–Crippen MR) is 91.8 cm³/mol. The van der Waals surface area contributed by atoms with E-state index in [1.54, 1.807) is 69.3 Å². The number of anilines is 2. The molecule has 122 valence electrons. The molecule has 3 N–H and O–H groups in total. The Labute approximate surface area is 138 Å². The van der Waals surface area contributed by atoms with Gasteiger partial charge in [0.1, 0.15) is 5.60 Å². The van der Waals surface area contributed by atoms with Crippen molar-refractivity contribution in [3.8, 4) is 0 Å². The standard InChI is InChI=1S/C17H20N2O3S/c1-17(2,3)22-16(20)19-13-6-10-15(11-7-13)23(21)14-8-4-12(18)5-9-14/h4-11H,18H2,1-3H3,(H,19,20). The van der Waals surface area contributed by atoms with Gasteiger partial charge in [-0.2, -0.15) is 0 Å². The summed E-state index contributed by atoms with van der Waals surface area (Å²) in [5, 5.41) is 2.64. The zero-order valence-corrected chi connectivity index (χ0v) is 14.1. The van der Waals surface area contributed by atoms with Crippen molar-refractivity contribution >= 4 is 28.3 Å². The molecule has 1 amide bonds. The molecule has 23 heavy (non-hydrogen) atoms. The minimum Gasteiger partial charge on any atom is -0.444 e. The van der Waals surface area contributed by atoms with Gasteiger partial charge in [0.05, 0.1) is 10.8 Å². The molecule has 0 spiro atoms. The highest BCUT2D eigenvalue weighted by Crippen LogP contribution is 2.20. The molecule has 1 atom stereocenters. The highest BCUT2D eigenvalue weighted by molar-refractivity contribution is 7.85. The molecule has 0 bridgehead atoms. The Morgan fingerprint density at radius 1 is 1.00 bits per heavy atom. The SMILES string of the molecule is CC(C)(C)OC(=O)Nc1ccc(S(=O)c2ccc(N)cc2)cc1. The van der Waals surface area contributed by atoms with Gasteiger partial charge in [0.15, 0.2) is 0 Å². The normalized spacial score (nSPS) is 12.5. The van der Waals surface area contributed by atoms with Crippen LogP contribution in [0.25, 0.3) is 0 Å². The van der Waals surface area contributed by atoms with Crippen LogP contribution in [0.1, 0.15) is 20.8 Å². The molecule has 6 heteroatoms. The van der Waals surface area contributed by atoms with Crippen LogP contribution in [0.15, 0.2) is 58.3 Å². The van der Waals surface area contributed by atoms with Crippen molar-refractivity contribution in [2.24, 2.45) is 0 Å². The molecule has 0 heterocycles. The monoisotopic (exact) mass is 332 g/mol. The van der Waals surface area contributed by atoms with E-state index < -0.39 is 22.5 Å². The average molecular weight is 332 g/mol. The number of hydrogen-bond acceptors (Lipinski definition) is 4. The molecule has 5 nitrogen and oxygen atoms in total. The maximum atomic E-state index is 12.4. The Hall–Kier alpha value is -2.34. The van der Waals surface area contributed by atoms with Crippen molar-refractivity contribution in [2.45, 2.75) is 36.2 Å². The zero-order chi connectivity index (χ0) is 17.0. The van der Waals surface area contributed by atoms with Gasteiger partial charge < -0.3 is 10.5 Å². The first-order valence-electron chi connectivity index (χ1n) is 7.12. The molecule has 0 saturated carbocycles. The van der Waals surface area contributed by atoms with Crippen molar-refractivity contribution in [2.75, 3.05) is 11.1 Å². The molecule has 0 radical (unpaired) electrons. The fourth-order valence-corrected chi connectivity index (χ4v) is 2.85. The van der Waals surface area contributed by atoms with E-state index in [-0.39, 0.29) is 0 Å². The van der Waals surface area contributed by atoms with Crippen molar-refractivity contribution in [1.29, 1.82) is 0 Å². The van der Waals surface area contributed by atoms with E-state index in [0.717, 1.165) is 0 Å². The molecule has 2 aromatic carbocycles. The van der Waals surface area contributed by atoms with Gasteiger partial charge in [-0.3, -0.25) is 5.32 Å². The molecule has 0 aliphatic heterocycles. The lowest BCUT2D eigenvalue weighted by Crippen LogP contribution is -2.27. The van der Waals surface area contributed by atoms with Crippen molar-refractivity contribution in [3.63, 3.8) is 0 Å². The first-order chi connectivity index (χ1) is 10.7. The molecule has 2 rings (SSSR count). The van der Waals surface area contributed by atoms with Crippen LogP contribution >= 0.6 is 0 Å². The molecule has 0 saturated heterocycles. The molecule has 0 aliphatic rings. The molecular weight excluding hydrogens is 312 g/mol. The van der Waals surface area contributed by atoms with E-state index in [1.807, 2.05) is 0 Å². The number of carbonyl (C=O) groups is 1. The number of rotatable bonds is 3. The van der Waals surface area contributed by atoms with Crippen LogP contribution in [0, 0.1) is 0 Å². The Kier molecular flexibility index (Phi) is 5.05. The Morgan fingerprint density at radius 2 is 1.48 bits per heavy atom. The number of hydrogen-bond donors (Lipinski definition) is 2. The van der Waals surface area contributed by atoms with E-state index in [4.69, 9.17) is 10.5 Å². The van der Waals surface area contributed by atoms with Gasteiger partial charge in [-0.05, 0) is 69.3 Å². The Bertz CT molecular complexity index is 704. The summed E-state index contributed by atoms with van der Waals surface area (Å²) in [5.74, 6) is 0. The minimum atomic E-state index is -1.29. The van der Waals surface area contributed by atoms with Gasteiger partial charge in [-0.1, -0.05) is 0 Å². The van der Waals surface area contributed by atoms with E-state index >= 15 is 0 Å². The molecular formula is C17H20N2O3S. The third kappa shape index (κ3) is 5.10. The summed E-state index contributed by atoms with van der Waals surface area (Å²) < 4.78 is 17.6. The van der Waals surface area contributed by atoms with E-state index in [1.165, 1.54) is 0 Å². The van der Waals surface area contributed by atoms with Gasteiger partial charge in [0.2, 0.25) is 0 Å². The lowest BCUT2D eigenvalue weighted by atomic mass is 10.2. The number of amides is 1. The van der Waals surface area contributed by atoms with Crippen LogP contribution in [0.2, 0.25) is 0 Å². The number of benzene rings is 2. The van der Waals surface area contributed by atoms with Crippen LogP contribution in [0.5, 0.6) is 0 Å². The number of nitrogen functional groups attached to an aromatic ring is 1. The van der Waals surface area contributed by atoms with E-state index in [2.05, 4.69) is 5.32 Å². The minimum absolute atomic E-state index is 0.523. The van der Waals surface area contributed by atoms with Gasteiger partial charge in [-0.25, -0.2) is 9.00 Å². The fraction of sp³-hybridized carbons (Fsp3) is 0.235. The molecule has 2 aromatic rings. The molecule has 0 aromatic heterocycles. The van der Waals surface area contributed by atoms with E-state index in [0.29, 0.717) is 21.2 Å². The second-order valence-electron chi connectivity index (χ2n) is 5.99. The lowest BCUT2D eigenvalue weighted by molar-refractivity contribution is 0.0636. The highest BCUT2D eigenvalue weighted by Gasteiger charge is 2.16. The quantitative estimate of drug-likeness (QED) is 0.838. The summed E-state index contributed by atoms with van der Waals surface area (Å²) in [5.41, 5.74) is 6.28.